The van der Waals surface area contributed by atoms with Crippen LogP contribution < -0.4 is 0 Å². The smallest absolute Gasteiger partial charge is 0.143 e. The summed E-state index contributed by atoms with van der Waals surface area (Å²) in [7, 11) is 0. The molecule has 3 heteroatoms. The van der Waals surface area contributed by atoms with Gasteiger partial charge in [0.1, 0.15) is 11.3 Å². The van der Waals surface area contributed by atoms with Gasteiger partial charge in [0.25, 0.3) is 0 Å². The second-order valence-corrected chi connectivity index (χ2v) is 17.2. The Balaban J connectivity index is 0.893. The highest BCUT2D eigenvalue weighted by molar-refractivity contribution is 6.13. The summed E-state index contributed by atoms with van der Waals surface area (Å²) in [5.74, 6) is 1.22. The van der Waals surface area contributed by atoms with Crippen LogP contribution in [0.5, 0.6) is 0 Å². The maximum absolute atomic E-state index is 7.02. The highest BCUT2D eigenvalue weighted by Crippen LogP contribution is 2.53. The van der Waals surface area contributed by atoms with Gasteiger partial charge in [-0.3, -0.25) is 0 Å². The Hall–Kier alpha value is -7.36. The van der Waals surface area contributed by atoms with E-state index in [0.29, 0.717) is 0 Å². The number of benzene rings is 8. The molecule has 0 aliphatic heterocycles. The lowest BCUT2D eigenvalue weighted by molar-refractivity contribution is 0.517. The van der Waals surface area contributed by atoms with Crippen LogP contribution in [-0.2, 0) is 5.41 Å². The highest BCUT2D eigenvalue weighted by atomic mass is 16.3. The molecule has 0 saturated carbocycles. The molecule has 0 amide bonds. The zero-order chi connectivity index (χ0) is 39.7. The molecule has 60 heavy (non-hydrogen) atoms. The molecular formula is C57H40N2O. The van der Waals surface area contributed by atoms with Crippen LogP contribution in [-0.4, -0.2) is 9.13 Å². The van der Waals surface area contributed by atoms with Gasteiger partial charge in [-0.05, 0) is 100 Å². The van der Waals surface area contributed by atoms with E-state index < -0.39 is 0 Å². The number of para-hydroxylation sites is 3. The van der Waals surface area contributed by atoms with Crippen LogP contribution in [0.15, 0.2) is 186 Å². The van der Waals surface area contributed by atoms with Gasteiger partial charge in [0.15, 0.2) is 0 Å². The van der Waals surface area contributed by atoms with E-state index in [1.807, 2.05) is 0 Å². The lowest BCUT2D eigenvalue weighted by Gasteiger charge is -2.21. The maximum atomic E-state index is 7.02. The lowest BCUT2D eigenvalue weighted by Crippen LogP contribution is -2.14. The third-order valence-electron chi connectivity index (χ3n) is 13.7. The van der Waals surface area contributed by atoms with Gasteiger partial charge >= 0.3 is 0 Å². The minimum atomic E-state index is -0.0629. The van der Waals surface area contributed by atoms with Gasteiger partial charge in [-0.2, -0.15) is 0 Å². The molecule has 0 spiro atoms. The summed E-state index contributed by atoms with van der Waals surface area (Å²) in [5.41, 5.74) is 18.3. The number of fused-ring (bicyclic) bond motifs is 13. The number of aromatic nitrogens is 2. The molecule has 0 saturated heterocycles. The molecule has 2 aliphatic rings. The van der Waals surface area contributed by atoms with E-state index in [9.17, 15) is 0 Å². The van der Waals surface area contributed by atoms with E-state index in [0.717, 1.165) is 23.5 Å². The standard InChI is InChI=1S/C57H40N2O/c1-57(2)48-20-9-6-17-45(48)54-49(57)30-29-44-43-19-12-18-40(55(43)60-56(44)54)35-23-27-39(28-24-35)59-51-22-11-8-16-42(51)47-34-37(26-32-53(47)59)36-25-31-52-46(33-36)41-15-7-10-21-50(41)58(52)38-13-4-3-5-14-38/h3-17,19-34,40H,18H2,1-2H3. The highest BCUT2D eigenvalue weighted by Gasteiger charge is 2.38. The molecule has 1 atom stereocenters. The fourth-order valence-corrected chi connectivity index (χ4v) is 10.8. The second-order valence-electron chi connectivity index (χ2n) is 17.2. The Morgan fingerprint density at radius 3 is 1.77 bits per heavy atom. The molecule has 0 radical (unpaired) electrons. The molecule has 13 rings (SSSR count). The van der Waals surface area contributed by atoms with Crippen LogP contribution in [0.3, 0.4) is 0 Å². The van der Waals surface area contributed by atoms with Crippen LogP contribution in [0, 0.1) is 0 Å². The first-order valence-electron chi connectivity index (χ1n) is 21.1. The first kappa shape index (κ1) is 33.6. The zero-order valence-electron chi connectivity index (χ0n) is 33.5. The molecule has 0 bridgehead atoms. The van der Waals surface area contributed by atoms with Gasteiger partial charge in [0.05, 0.1) is 22.1 Å². The van der Waals surface area contributed by atoms with Crippen molar-refractivity contribution in [3.05, 3.63) is 210 Å². The van der Waals surface area contributed by atoms with Crippen molar-refractivity contribution in [2.45, 2.75) is 31.6 Å². The van der Waals surface area contributed by atoms with Crippen molar-refractivity contribution >= 4 is 60.7 Å². The van der Waals surface area contributed by atoms with Crippen molar-refractivity contribution in [3.8, 4) is 33.6 Å². The van der Waals surface area contributed by atoms with Crippen LogP contribution in [0.2, 0.25) is 0 Å². The second kappa shape index (κ2) is 12.3. The summed E-state index contributed by atoms with van der Waals surface area (Å²) in [6.45, 7) is 4.67. The first-order chi connectivity index (χ1) is 29.5. The molecule has 3 nitrogen and oxygen atoms in total. The van der Waals surface area contributed by atoms with Crippen LogP contribution >= 0.6 is 0 Å². The minimum absolute atomic E-state index is 0.0629. The van der Waals surface area contributed by atoms with E-state index in [4.69, 9.17) is 4.42 Å². The molecule has 284 valence electrons. The number of rotatable bonds is 4. The van der Waals surface area contributed by atoms with E-state index in [-0.39, 0.29) is 11.3 Å². The lowest BCUT2D eigenvalue weighted by atomic mass is 9.82. The van der Waals surface area contributed by atoms with Crippen molar-refractivity contribution < 1.29 is 4.42 Å². The normalized spacial score (nSPS) is 15.3. The van der Waals surface area contributed by atoms with Crippen molar-refractivity contribution in [1.82, 2.24) is 9.13 Å². The largest absolute Gasteiger partial charge is 0.459 e. The van der Waals surface area contributed by atoms with Gasteiger partial charge in [0.2, 0.25) is 0 Å². The third kappa shape index (κ3) is 4.60. The molecule has 2 aliphatic carbocycles. The number of nitrogens with zero attached hydrogens (tertiary/aromatic N) is 2. The average molecular weight is 769 g/mol. The molecule has 3 heterocycles. The number of allylic oxidation sites excluding steroid dienone is 1. The monoisotopic (exact) mass is 768 g/mol. The fraction of sp³-hybridized carbons (Fsp3) is 0.0877. The minimum Gasteiger partial charge on any atom is -0.459 e. The fourth-order valence-electron chi connectivity index (χ4n) is 10.8. The molecule has 0 fully saturated rings. The predicted octanol–water partition coefficient (Wildman–Crippen LogP) is 15.1. The van der Waals surface area contributed by atoms with Crippen molar-refractivity contribution in [2.75, 3.05) is 0 Å². The Labute approximate surface area is 348 Å². The number of furan rings is 1. The summed E-state index contributed by atoms with van der Waals surface area (Å²) in [5, 5.41) is 6.23. The van der Waals surface area contributed by atoms with Crippen molar-refractivity contribution in [2.24, 2.45) is 0 Å². The Bertz CT molecular complexity index is 3590. The topological polar surface area (TPSA) is 23.0 Å². The third-order valence-corrected chi connectivity index (χ3v) is 13.7. The van der Waals surface area contributed by atoms with Crippen LogP contribution in [0.1, 0.15) is 54.2 Å². The number of hydrogen-bond acceptors (Lipinski definition) is 1. The Morgan fingerprint density at radius 2 is 1.08 bits per heavy atom. The zero-order valence-corrected chi connectivity index (χ0v) is 33.5. The van der Waals surface area contributed by atoms with Crippen molar-refractivity contribution in [3.63, 3.8) is 0 Å². The summed E-state index contributed by atoms with van der Waals surface area (Å²) >= 11 is 0. The van der Waals surface area contributed by atoms with Gasteiger partial charge in [0, 0.05) is 60.8 Å². The molecule has 1 unspecified atom stereocenters. The first-order valence-corrected chi connectivity index (χ1v) is 21.1. The molecule has 8 aromatic carbocycles. The molecule has 11 aromatic rings. The predicted molar refractivity (Wildman–Crippen MR) is 250 cm³/mol. The van der Waals surface area contributed by atoms with E-state index in [2.05, 4.69) is 211 Å². The van der Waals surface area contributed by atoms with E-state index >= 15 is 0 Å². The summed E-state index contributed by atoms with van der Waals surface area (Å²) < 4.78 is 11.8. The van der Waals surface area contributed by atoms with Gasteiger partial charge in [-0.25, -0.2) is 0 Å². The van der Waals surface area contributed by atoms with Gasteiger partial charge < -0.3 is 13.6 Å². The van der Waals surface area contributed by atoms with E-state index in [1.165, 1.54) is 99.2 Å². The van der Waals surface area contributed by atoms with Gasteiger partial charge in [-0.1, -0.05) is 141 Å². The summed E-state index contributed by atoms with van der Waals surface area (Å²) in [4.78, 5) is 0. The molecule has 3 aromatic heterocycles. The quantitative estimate of drug-likeness (QED) is 0.175. The average Bonchev–Trinajstić information content (AvgIpc) is 4.01. The summed E-state index contributed by atoms with van der Waals surface area (Å²) in [6.07, 6.45) is 5.51. The maximum Gasteiger partial charge on any atom is 0.143 e. The van der Waals surface area contributed by atoms with Crippen LogP contribution in [0.25, 0.3) is 94.3 Å². The van der Waals surface area contributed by atoms with Crippen molar-refractivity contribution in [1.29, 1.82) is 0 Å². The van der Waals surface area contributed by atoms with Gasteiger partial charge in [-0.15, -0.1) is 0 Å². The Morgan fingerprint density at radius 1 is 0.500 bits per heavy atom. The molecule has 0 N–H and O–H groups in total. The number of hydrogen-bond donors (Lipinski definition) is 0. The van der Waals surface area contributed by atoms with E-state index in [1.54, 1.807) is 0 Å². The Kier molecular flexibility index (Phi) is 6.90. The van der Waals surface area contributed by atoms with Crippen LogP contribution in [0.4, 0.5) is 0 Å². The summed E-state index contributed by atoms with van der Waals surface area (Å²) in [6, 6.07) is 64.8. The SMILES string of the molecule is CC1(C)c2ccccc2-c2c1ccc1c3c(oc21)C(c1ccc(-n2c4ccccc4c4cc(-c5ccc6c(c5)c5ccccc5n6-c5ccccc5)ccc42)cc1)CC=C3. The molecular weight excluding hydrogens is 729 g/mol.